The predicted octanol–water partition coefficient (Wildman–Crippen LogP) is -0.141. The zero-order valence-corrected chi connectivity index (χ0v) is 15.6. The zero-order chi connectivity index (χ0) is 18.2. The van der Waals surface area contributed by atoms with Gasteiger partial charge in [-0.2, -0.15) is 22.5 Å². The summed E-state index contributed by atoms with van der Waals surface area (Å²) in [5, 5.41) is 4.08. The maximum Gasteiger partial charge on any atom is 0.280 e. The molecule has 1 aromatic heterocycles. The molecule has 0 spiro atoms. The highest BCUT2D eigenvalue weighted by Gasteiger charge is 2.37. The Hall–Kier alpha value is -1.49. The largest absolute Gasteiger partial charge is 0.373 e. The van der Waals surface area contributed by atoms with Gasteiger partial charge in [-0.3, -0.25) is 14.4 Å². The molecular weight excluding hydrogens is 346 g/mol. The van der Waals surface area contributed by atoms with E-state index in [2.05, 4.69) is 9.82 Å². The molecule has 2 fully saturated rings. The molecule has 10 heteroatoms. The number of amides is 1. The number of nitrogens with zero attached hydrogens (tertiary/aromatic N) is 4. The van der Waals surface area contributed by atoms with Gasteiger partial charge in [-0.25, -0.2) is 0 Å². The Kier molecular flexibility index (Phi) is 5.14. The molecule has 0 bridgehead atoms. The third-order valence-electron chi connectivity index (χ3n) is 4.53. The Bertz CT molecular complexity index is 724. The number of hydrogen-bond donors (Lipinski definition) is 1. The fourth-order valence-corrected chi connectivity index (χ4v) is 4.96. The minimum Gasteiger partial charge on any atom is -0.373 e. The van der Waals surface area contributed by atoms with Crippen LogP contribution in [0.5, 0.6) is 0 Å². The number of nitrogens with one attached hydrogen (secondary N) is 1. The van der Waals surface area contributed by atoms with Crippen molar-refractivity contribution >= 4 is 21.9 Å². The lowest BCUT2D eigenvalue weighted by Crippen LogP contribution is -2.58. The molecule has 2 aliphatic rings. The van der Waals surface area contributed by atoms with E-state index in [9.17, 15) is 13.2 Å². The standard InChI is InChI=1S/C15H25N5O4S/c1-11-9-19(10-12(2)24-11)25(22,23)17-13-5-4-8-20(15(13)21)14-6-7-16-18(14)3/h6-7,11-13,17H,4-5,8-10H2,1-3H3/t11-,12+,13-/m0/s1. The van der Waals surface area contributed by atoms with Crippen LogP contribution in [0.15, 0.2) is 12.3 Å². The lowest BCUT2D eigenvalue weighted by molar-refractivity contribution is -0.121. The minimum atomic E-state index is -3.75. The number of aromatic nitrogens is 2. The first-order valence-electron chi connectivity index (χ1n) is 8.50. The number of carbonyl (C=O) groups is 1. The van der Waals surface area contributed by atoms with E-state index in [4.69, 9.17) is 4.74 Å². The van der Waals surface area contributed by atoms with Crippen molar-refractivity contribution in [3.05, 3.63) is 12.3 Å². The Balaban J connectivity index is 1.73. The van der Waals surface area contributed by atoms with E-state index < -0.39 is 16.3 Å². The number of aryl methyl sites for hydroxylation is 1. The quantitative estimate of drug-likeness (QED) is 0.795. The molecule has 25 heavy (non-hydrogen) atoms. The van der Waals surface area contributed by atoms with Gasteiger partial charge in [-0.15, -0.1) is 0 Å². The maximum atomic E-state index is 12.8. The van der Waals surface area contributed by atoms with Gasteiger partial charge in [0.15, 0.2) is 0 Å². The molecule has 2 saturated heterocycles. The van der Waals surface area contributed by atoms with Gasteiger partial charge in [0, 0.05) is 32.7 Å². The van der Waals surface area contributed by atoms with Crippen LogP contribution < -0.4 is 9.62 Å². The van der Waals surface area contributed by atoms with E-state index >= 15 is 0 Å². The molecule has 0 radical (unpaired) electrons. The third-order valence-corrected chi connectivity index (χ3v) is 6.09. The predicted molar refractivity (Wildman–Crippen MR) is 92.2 cm³/mol. The van der Waals surface area contributed by atoms with Crippen molar-refractivity contribution in [3.63, 3.8) is 0 Å². The number of ether oxygens (including phenoxy) is 1. The maximum absolute atomic E-state index is 12.8. The van der Waals surface area contributed by atoms with Crippen LogP contribution in [0.1, 0.15) is 26.7 Å². The van der Waals surface area contributed by atoms with Crippen LogP contribution in [0, 0.1) is 0 Å². The highest BCUT2D eigenvalue weighted by atomic mass is 32.2. The molecule has 9 nitrogen and oxygen atoms in total. The summed E-state index contributed by atoms with van der Waals surface area (Å²) in [7, 11) is -1.99. The Morgan fingerprint density at radius 1 is 1.28 bits per heavy atom. The molecule has 2 aliphatic heterocycles. The van der Waals surface area contributed by atoms with Gasteiger partial charge < -0.3 is 4.74 Å². The monoisotopic (exact) mass is 371 g/mol. The summed E-state index contributed by atoms with van der Waals surface area (Å²) in [5.41, 5.74) is 0. The number of carbonyl (C=O) groups excluding carboxylic acids is 1. The summed E-state index contributed by atoms with van der Waals surface area (Å²) < 4.78 is 36.6. The molecule has 0 aliphatic carbocycles. The van der Waals surface area contributed by atoms with Gasteiger partial charge in [0.05, 0.1) is 18.4 Å². The van der Waals surface area contributed by atoms with Crippen molar-refractivity contribution < 1.29 is 17.9 Å². The molecule has 1 aromatic rings. The highest BCUT2D eigenvalue weighted by molar-refractivity contribution is 7.87. The zero-order valence-electron chi connectivity index (χ0n) is 14.8. The summed E-state index contributed by atoms with van der Waals surface area (Å²) in [4.78, 5) is 14.4. The fourth-order valence-electron chi connectivity index (χ4n) is 3.43. The second kappa shape index (κ2) is 7.02. The number of anilines is 1. The summed E-state index contributed by atoms with van der Waals surface area (Å²) >= 11 is 0. The molecule has 0 saturated carbocycles. The van der Waals surface area contributed by atoms with Crippen molar-refractivity contribution in [2.24, 2.45) is 7.05 Å². The first-order valence-corrected chi connectivity index (χ1v) is 9.94. The Labute approximate surface area is 148 Å². The number of piperidine rings is 1. The Morgan fingerprint density at radius 2 is 1.96 bits per heavy atom. The Morgan fingerprint density at radius 3 is 2.56 bits per heavy atom. The molecular formula is C15H25N5O4S. The SMILES string of the molecule is C[C@@H]1CN(S(=O)(=O)N[C@H]2CCCN(c3ccnn3C)C2=O)C[C@H](C)O1. The first kappa shape index (κ1) is 18.3. The fraction of sp³-hybridized carbons (Fsp3) is 0.733. The van der Waals surface area contributed by atoms with E-state index in [1.54, 1.807) is 28.9 Å². The second-order valence-corrected chi connectivity index (χ2v) is 8.40. The van der Waals surface area contributed by atoms with Crippen LogP contribution in [0.2, 0.25) is 0 Å². The van der Waals surface area contributed by atoms with E-state index in [1.165, 1.54) is 4.31 Å². The lowest BCUT2D eigenvalue weighted by Gasteiger charge is -2.37. The minimum absolute atomic E-state index is 0.173. The summed E-state index contributed by atoms with van der Waals surface area (Å²) in [6.07, 6.45) is 2.48. The molecule has 0 unspecified atom stereocenters. The topological polar surface area (TPSA) is 96.8 Å². The average Bonchev–Trinajstić information content (AvgIpc) is 2.94. The first-order chi connectivity index (χ1) is 11.8. The summed E-state index contributed by atoms with van der Waals surface area (Å²) in [5.74, 6) is 0.426. The molecule has 3 atom stereocenters. The summed E-state index contributed by atoms with van der Waals surface area (Å²) in [6, 6.07) is 0.988. The number of rotatable bonds is 4. The number of hydrogen-bond acceptors (Lipinski definition) is 5. The van der Waals surface area contributed by atoms with Gasteiger partial charge in [-0.05, 0) is 26.7 Å². The van der Waals surface area contributed by atoms with E-state index in [-0.39, 0.29) is 31.2 Å². The van der Waals surface area contributed by atoms with Gasteiger partial charge in [-0.1, -0.05) is 0 Å². The summed E-state index contributed by atoms with van der Waals surface area (Å²) in [6.45, 7) is 4.81. The molecule has 1 amide bonds. The second-order valence-electron chi connectivity index (χ2n) is 6.69. The molecule has 3 rings (SSSR count). The third kappa shape index (κ3) is 3.86. The van der Waals surface area contributed by atoms with Crippen molar-refractivity contribution in [3.8, 4) is 0 Å². The van der Waals surface area contributed by atoms with Gasteiger partial charge in [0.1, 0.15) is 11.9 Å². The molecule has 0 aromatic carbocycles. The van der Waals surface area contributed by atoms with Crippen molar-refractivity contribution in [2.75, 3.05) is 24.5 Å². The van der Waals surface area contributed by atoms with Gasteiger partial charge in [0.25, 0.3) is 10.2 Å². The van der Waals surface area contributed by atoms with Crippen LogP contribution in [-0.4, -0.2) is 66.3 Å². The van der Waals surface area contributed by atoms with Gasteiger partial charge >= 0.3 is 0 Å². The van der Waals surface area contributed by atoms with Crippen LogP contribution >= 0.6 is 0 Å². The lowest BCUT2D eigenvalue weighted by atomic mass is 10.1. The highest BCUT2D eigenvalue weighted by Crippen LogP contribution is 2.21. The average molecular weight is 371 g/mol. The van der Waals surface area contributed by atoms with E-state index in [0.29, 0.717) is 18.8 Å². The normalized spacial score (nSPS) is 29.2. The van der Waals surface area contributed by atoms with E-state index in [1.807, 2.05) is 13.8 Å². The smallest absolute Gasteiger partial charge is 0.280 e. The van der Waals surface area contributed by atoms with Crippen molar-refractivity contribution in [1.29, 1.82) is 0 Å². The van der Waals surface area contributed by atoms with Crippen molar-refractivity contribution in [1.82, 2.24) is 18.8 Å². The van der Waals surface area contributed by atoms with Crippen LogP contribution in [0.3, 0.4) is 0 Å². The van der Waals surface area contributed by atoms with Crippen LogP contribution in [0.25, 0.3) is 0 Å². The molecule has 140 valence electrons. The molecule has 3 heterocycles. The number of morpholine rings is 1. The van der Waals surface area contributed by atoms with Crippen molar-refractivity contribution in [2.45, 2.75) is 44.9 Å². The van der Waals surface area contributed by atoms with Crippen LogP contribution in [-0.2, 0) is 26.8 Å². The van der Waals surface area contributed by atoms with E-state index in [0.717, 1.165) is 6.42 Å². The van der Waals surface area contributed by atoms with Crippen LogP contribution in [0.4, 0.5) is 5.82 Å². The van der Waals surface area contributed by atoms with Gasteiger partial charge in [0.2, 0.25) is 5.91 Å². The molecule has 1 N–H and O–H groups in total.